The van der Waals surface area contributed by atoms with Gasteiger partial charge in [0.25, 0.3) is 0 Å². The van der Waals surface area contributed by atoms with Crippen LogP contribution < -0.4 is 10.5 Å². The van der Waals surface area contributed by atoms with Gasteiger partial charge in [-0.05, 0) is 38.0 Å². The fourth-order valence-electron chi connectivity index (χ4n) is 1.56. The summed E-state index contributed by atoms with van der Waals surface area (Å²) in [4.78, 5) is 0. The van der Waals surface area contributed by atoms with Crippen molar-refractivity contribution in [1.82, 2.24) is 0 Å². The van der Waals surface area contributed by atoms with Crippen molar-refractivity contribution in [3.63, 3.8) is 0 Å². The van der Waals surface area contributed by atoms with Gasteiger partial charge in [-0.15, -0.1) is 0 Å². The molecule has 1 rings (SSSR count). The summed E-state index contributed by atoms with van der Waals surface area (Å²) < 4.78 is 28.7. The highest BCUT2D eigenvalue weighted by atomic mass is 32.2. The maximum absolute atomic E-state index is 11.6. The van der Waals surface area contributed by atoms with Crippen LogP contribution >= 0.6 is 0 Å². The molecule has 1 atom stereocenters. The van der Waals surface area contributed by atoms with Crippen LogP contribution in [0.1, 0.15) is 38.8 Å². The lowest BCUT2D eigenvalue weighted by Gasteiger charge is -2.11. The largest absolute Gasteiger partial charge is 0.493 e. The number of nitrogens with two attached hydrogens (primary N) is 1. The third-order valence-corrected chi connectivity index (χ3v) is 5.28. The Morgan fingerprint density at radius 3 is 2.26 bits per heavy atom. The molecule has 0 aromatic heterocycles. The van der Waals surface area contributed by atoms with Gasteiger partial charge in [0.2, 0.25) is 0 Å². The van der Waals surface area contributed by atoms with Gasteiger partial charge in [-0.25, -0.2) is 8.42 Å². The van der Waals surface area contributed by atoms with E-state index in [0.717, 1.165) is 12.0 Å². The van der Waals surface area contributed by atoms with Crippen LogP contribution in [-0.2, 0) is 9.84 Å². The average Bonchev–Trinajstić information content (AvgIpc) is 2.38. The minimum atomic E-state index is -3.04. The van der Waals surface area contributed by atoms with E-state index in [1.165, 1.54) is 0 Å². The molecule has 0 bridgehead atoms. The fourth-order valence-corrected chi connectivity index (χ4v) is 2.35. The van der Waals surface area contributed by atoms with Crippen LogP contribution in [0.25, 0.3) is 0 Å². The number of sulfone groups is 1. The molecule has 4 nitrogen and oxygen atoms in total. The molecule has 0 unspecified atom stereocenters. The van der Waals surface area contributed by atoms with Crippen LogP contribution in [0.3, 0.4) is 0 Å². The van der Waals surface area contributed by atoms with Crippen molar-refractivity contribution in [1.29, 1.82) is 0 Å². The molecule has 19 heavy (non-hydrogen) atoms. The van der Waals surface area contributed by atoms with E-state index in [2.05, 4.69) is 0 Å². The highest BCUT2D eigenvalue weighted by Crippen LogP contribution is 2.18. The van der Waals surface area contributed by atoms with Crippen molar-refractivity contribution < 1.29 is 13.2 Å². The first kappa shape index (κ1) is 16.0. The molecule has 0 spiro atoms. The van der Waals surface area contributed by atoms with Gasteiger partial charge in [-0.1, -0.05) is 19.1 Å². The smallest absolute Gasteiger partial charge is 0.155 e. The van der Waals surface area contributed by atoms with Crippen LogP contribution in [0.4, 0.5) is 0 Å². The summed E-state index contributed by atoms with van der Waals surface area (Å²) in [6.07, 6.45) is 0.882. The molecule has 1 aromatic rings. The second kappa shape index (κ2) is 6.91. The maximum Gasteiger partial charge on any atom is 0.155 e. The van der Waals surface area contributed by atoms with Crippen molar-refractivity contribution in [2.75, 3.05) is 12.4 Å². The standard InChI is InChI=1S/C14H23NO3S/c1-4-14(15)12-5-7-13(8-6-12)18-9-10-19(16,17)11(2)3/h5-8,11,14H,4,9-10,15H2,1-3H3/t14-/m1/s1. The molecular formula is C14H23NO3S. The van der Waals surface area contributed by atoms with E-state index in [-0.39, 0.29) is 23.7 Å². The van der Waals surface area contributed by atoms with Gasteiger partial charge in [0.15, 0.2) is 9.84 Å². The van der Waals surface area contributed by atoms with Crippen molar-refractivity contribution in [2.24, 2.45) is 5.73 Å². The van der Waals surface area contributed by atoms with Crippen LogP contribution in [0, 0.1) is 0 Å². The quantitative estimate of drug-likeness (QED) is 0.834. The summed E-state index contributed by atoms with van der Waals surface area (Å²) in [5.41, 5.74) is 6.97. The Balaban J connectivity index is 2.51. The van der Waals surface area contributed by atoms with Gasteiger partial charge in [-0.2, -0.15) is 0 Å². The Labute approximate surface area is 115 Å². The SMILES string of the molecule is CC[C@@H](N)c1ccc(OCCS(=O)(=O)C(C)C)cc1. The normalized spacial score (nSPS) is 13.5. The fraction of sp³-hybridized carbons (Fsp3) is 0.571. The summed E-state index contributed by atoms with van der Waals surface area (Å²) in [5.74, 6) is 0.715. The van der Waals surface area contributed by atoms with E-state index in [1.54, 1.807) is 13.8 Å². The monoisotopic (exact) mass is 285 g/mol. The van der Waals surface area contributed by atoms with Gasteiger partial charge in [0.05, 0.1) is 11.0 Å². The Morgan fingerprint density at radius 2 is 1.79 bits per heavy atom. The topological polar surface area (TPSA) is 69.4 Å². The molecule has 1 aromatic carbocycles. The third kappa shape index (κ3) is 4.84. The number of benzene rings is 1. The number of hydrogen-bond donors (Lipinski definition) is 1. The highest BCUT2D eigenvalue weighted by molar-refractivity contribution is 7.91. The Hall–Kier alpha value is -1.07. The lowest BCUT2D eigenvalue weighted by atomic mass is 10.1. The molecule has 108 valence electrons. The van der Waals surface area contributed by atoms with Crippen LogP contribution in [0.2, 0.25) is 0 Å². The molecular weight excluding hydrogens is 262 g/mol. The summed E-state index contributed by atoms with van der Waals surface area (Å²) in [5, 5.41) is -0.360. The van der Waals surface area contributed by atoms with E-state index in [0.29, 0.717) is 5.75 Å². The van der Waals surface area contributed by atoms with Gasteiger partial charge in [0.1, 0.15) is 12.4 Å². The highest BCUT2D eigenvalue weighted by Gasteiger charge is 2.15. The summed E-state index contributed by atoms with van der Waals surface area (Å²) >= 11 is 0. The second-order valence-electron chi connectivity index (χ2n) is 4.85. The Bertz CT molecular complexity index is 480. The Kier molecular flexibility index (Phi) is 5.82. The number of ether oxygens (including phenoxy) is 1. The molecule has 0 fully saturated rings. The predicted molar refractivity (Wildman–Crippen MR) is 78.1 cm³/mol. The lowest BCUT2D eigenvalue weighted by molar-refractivity contribution is 0.340. The maximum atomic E-state index is 11.6. The van der Waals surface area contributed by atoms with Crippen molar-refractivity contribution in [3.8, 4) is 5.75 Å². The molecule has 0 saturated heterocycles. The molecule has 0 heterocycles. The average molecular weight is 285 g/mol. The number of rotatable bonds is 7. The molecule has 0 aliphatic heterocycles. The van der Waals surface area contributed by atoms with E-state index in [4.69, 9.17) is 10.5 Å². The van der Waals surface area contributed by atoms with Crippen molar-refractivity contribution in [3.05, 3.63) is 29.8 Å². The molecule has 0 aliphatic carbocycles. The molecule has 0 saturated carbocycles. The molecule has 0 radical (unpaired) electrons. The minimum Gasteiger partial charge on any atom is -0.493 e. The predicted octanol–water partition coefficient (Wildman–Crippen LogP) is 2.30. The zero-order valence-electron chi connectivity index (χ0n) is 11.8. The molecule has 2 N–H and O–H groups in total. The molecule has 0 aliphatic rings. The minimum absolute atomic E-state index is 0.0374. The van der Waals surface area contributed by atoms with Crippen LogP contribution in [0.5, 0.6) is 5.75 Å². The summed E-state index contributed by atoms with van der Waals surface area (Å²) in [6.45, 7) is 5.57. The number of hydrogen-bond acceptors (Lipinski definition) is 4. The van der Waals surface area contributed by atoms with Crippen molar-refractivity contribution >= 4 is 9.84 Å². The third-order valence-electron chi connectivity index (χ3n) is 3.10. The summed E-state index contributed by atoms with van der Waals surface area (Å²) in [6, 6.07) is 7.52. The van der Waals surface area contributed by atoms with E-state index in [9.17, 15) is 8.42 Å². The lowest BCUT2D eigenvalue weighted by Crippen LogP contribution is -2.22. The van der Waals surface area contributed by atoms with Crippen LogP contribution in [0.15, 0.2) is 24.3 Å². The molecule has 0 amide bonds. The first-order chi connectivity index (χ1) is 8.86. The van der Waals surface area contributed by atoms with E-state index >= 15 is 0 Å². The van der Waals surface area contributed by atoms with Crippen LogP contribution in [-0.4, -0.2) is 26.0 Å². The Morgan fingerprint density at radius 1 is 1.21 bits per heavy atom. The van der Waals surface area contributed by atoms with Gasteiger partial charge in [0, 0.05) is 6.04 Å². The second-order valence-corrected chi connectivity index (χ2v) is 7.52. The summed E-state index contributed by atoms with van der Waals surface area (Å²) in [7, 11) is -3.04. The van der Waals surface area contributed by atoms with Gasteiger partial charge >= 0.3 is 0 Å². The van der Waals surface area contributed by atoms with Crippen molar-refractivity contribution in [2.45, 2.75) is 38.5 Å². The van der Waals surface area contributed by atoms with Gasteiger partial charge < -0.3 is 10.5 Å². The van der Waals surface area contributed by atoms with E-state index < -0.39 is 9.84 Å². The molecule has 5 heteroatoms. The van der Waals surface area contributed by atoms with Gasteiger partial charge in [-0.3, -0.25) is 0 Å². The van der Waals surface area contributed by atoms with E-state index in [1.807, 2.05) is 31.2 Å². The first-order valence-electron chi connectivity index (χ1n) is 6.56. The zero-order valence-corrected chi connectivity index (χ0v) is 12.6. The zero-order chi connectivity index (χ0) is 14.5. The first-order valence-corrected chi connectivity index (χ1v) is 8.28.